The number of carbonyl (C=O) groups excluding carboxylic acids is 1. The third-order valence-electron chi connectivity index (χ3n) is 4.42. The molecule has 0 bridgehead atoms. The van der Waals surface area contributed by atoms with Gasteiger partial charge in [0.05, 0.1) is 11.9 Å². The minimum absolute atomic E-state index is 0.226. The zero-order valence-electron chi connectivity index (χ0n) is 16.9. The van der Waals surface area contributed by atoms with Crippen LogP contribution in [-0.2, 0) is 20.6 Å². The second kappa shape index (κ2) is 11.0. The number of aryl methyl sites for hydroxylation is 2. The average molecular weight is 499 g/mol. The summed E-state index contributed by atoms with van der Waals surface area (Å²) in [5.41, 5.74) is 4.01. The normalized spacial score (nSPS) is 11.3. The number of halogens is 1. The predicted molar refractivity (Wildman–Crippen MR) is 126 cm³/mol. The first-order valence-electron chi connectivity index (χ1n) is 9.31. The molecule has 0 aliphatic heterocycles. The van der Waals surface area contributed by atoms with E-state index in [1.54, 1.807) is 18.2 Å². The van der Waals surface area contributed by atoms with Crippen LogP contribution < -0.4 is 9.62 Å². The van der Waals surface area contributed by atoms with E-state index in [0.29, 0.717) is 12.2 Å². The van der Waals surface area contributed by atoms with E-state index in [1.165, 1.54) is 11.1 Å². The number of amides is 1. The summed E-state index contributed by atoms with van der Waals surface area (Å²) < 4.78 is 26.4. The third kappa shape index (κ3) is 7.68. The SMILES string of the molecule is Cc1cc(N(CC(=O)NCCCSCc2ccccc2C)S(C)(=O)=O)ccc1Br. The molecule has 2 aromatic rings. The summed E-state index contributed by atoms with van der Waals surface area (Å²) in [6, 6.07) is 13.5. The van der Waals surface area contributed by atoms with E-state index in [0.717, 1.165) is 38.5 Å². The first-order chi connectivity index (χ1) is 13.7. The van der Waals surface area contributed by atoms with Crippen molar-refractivity contribution < 1.29 is 13.2 Å². The number of benzene rings is 2. The Balaban J connectivity index is 1.80. The van der Waals surface area contributed by atoms with Crippen molar-refractivity contribution in [1.82, 2.24) is 5.32 Å². The number of nitrogens with one attached hydrogen (secondary N) is 1. The van der Waals surface area contributed by atoms with Crippen molar-refractivity contribution in [3.63, 3.8) is 0 Å². The van der Waals surface area contributed by atoms with Gasteiger partial charge in [0, 0.05) is 16.8 Å². The molecular formula is C21H27BrN2O3S2. The van der Waals surface area contributed by atoms with Gasteiger partial charge in [-0.2, -0.15) is 11.8 Å². The van der Waals surface area contributed by atoms with Gasteiger partial charge >= 0.3 is 0 Å². The fourth-order valence-corrected chi connectivity index (χ4v) is 4.86. The monoisotopic (exact) mass is 498 g/mol. The van der Waals surface area contributed by atoms with Crippen molar-refractivity contribution in [3.05, 3.63) is 63.6 Å². The van der Waals surface area contributed by atoms with Gasteiger partial charge in [0.15, 0.2) is 0 Å². The van der Waals surface area contributed by atoms with E-state index in [2.05, 4.69) is 40.3 Å². The Morgan fingerprint density at radius 1 is 1.14 bits per heavy atom. The molecule has 0 heterocycles. The van der Waals surface area contributed by atoms with Crippen molar-refractivity contribution in [2.75, 3.05) is 29.4 Å². The van der Waals surface area contributed by atoms with Crippen LogP contribution in [0.25, 0.3) is 0 Å². The standard InChI is InChI=1S/C21H27BrN2O3S2/c1-16-7-4-5-8-18(16)15-28-12-6-11-23-21(25)14-24(29(3,26)27)19-9-10-20(22)17(2)13-19/h4-5,7-10,13H,6,11-12,14-15H2,1-3H3,(H,23,25). The van der Waals surface area contributed by atoms with Crippen LogP contribution in [0.15, 0.2) is 46.9 Å². The number of hydrogen-bond acceptors (Lipinski definition) is 4. The van der Waals surface area contributed by atoms with Gasteiger partial charge in [0.2, 0.25) is 15.9 Å². The topological polar surface area (TPSA) is 66.5 Å². The first-order valence-corrected chi connectivity index (χ1v) is 13.1. The molecule has 0 fully saturated rings. The van der Waals surface area contributed by atoms with Crippen LogP contribution in [0.5, 0.6) is 0 Å². The lowest BCUT2D eigenvalue weighted by Crippen LogP contribution is -2.40. The lowest BCUT2D eigenvalue weighted by Gasteiger charge is -2.22. The summed E-state index contributed by atoms with van der Waals surface area (Å²) in [6.07, 6.45) is 1.94. The largest absolute Gasteiger partial charge is 0.354 e. The van der Waals surface area contributed by atoms with Crippen LogP contribution >= 0.6 is 27.7 Å². The number of nitrogens with zero attached hydrogens (tertiary/aromatic N) is 1. The van der Waals surface area contributed by atoms with E-state index in [-0.39, 0.29) is 12.5 Å². The smallest absolute Gasteiger partial charge is 0.240 e. The van der Waals surface area contributed by atoms with Gasteiger partial charge in [-0.15, -0.1) is 0 Å². The van der Waals surface area contributed by atoms with Crippen molar-refractivity contribution >= 4 is 49.3 Å². The molecule has 8 heteroatoms. The Bertz CT molecular complexity index is 949. The third-order valence-corrected chi connectivity index (χ3v) is 7.55. The highest BCUT2D eigenvalue weighted by Crippen LogP contribution is 2.24. The zero-order valence-corrected chi connectivity index (χ0v) is 20.2. The molecule has 5 nitrogen and oxygen atoms in total. The number of rotatable bonds is 10. The summed E-state index contributed by atoms with van der Waals surface area (Å²) in [5.74, 6) is 1.57. The molecule has 0 saturated heterocycles. The van der Waals surface area contributed by atoms with Gasteiger partial charge in [-0.1, -0.05) is 40.2 Å². The van der Waals surface area contributed by atoms with E-state index in [4.69, 9.17) is 0 Å². The maximum Gasteiger partial charge on any atom is 0.240 e. The predicted octanol–water partition coefficient (Wildman–Crippen LogP) is 4.27. The molecule has 158 valence electrons. The van der Waals surface area contributed by atoms with Gasteiger partial charge < -0.3 is 5.32 Å². The van der Waals surface area contributed by atoms with E-state index >= 15 is 0 Å². The Morgan fingerprint density at radius 3 is 2.52 bits per heavy atom. The van der Waals surface area contributed by atoms with Gasteiger partial charge in [-0.3, -0.25) is 9.10 Å². The number of sulfonamides is 1. The maximum atomic E-state index is 12.3. The molecule has 29 heavy (non-hydrogen) atoms. The number of anilines is 1. The fraction of sp³-hybridized carbons (Fsp3) is 0.381. The summed E-state index contributed by atoms with van der Waals surface area (Å²) in [4.78, 5) is 12.3. The number of thioether (sulfide) groups is 1. The molecule has 0 aliphatic rings. The molecule has 2 aromatic carbocycles. The van der Waals surface area contributed by atoms with E-state index in [1.807, 2.05) is 30.8 Å². The van der Waals surface area contributed by atoms with Crippen LogP contribution in [0, 0.1) is 13.8 Å². The first kappa shape index (κ1) is 23.8. The molecule has 0 unspecified atom stereocenters. The molecule has 0 atom stereocenters. The van der Waals surface area contributed by atoms with Crippen molar-refractivity contribution in [2.24, 2.45) is 0 Å². The Morgan fingerprint density at radius 2 is 1.86 bits per heavy atom. The highest BCUT2D eigenvalue weighted by atomic mass is 79.9. The second-order valence-corrected chi connectivity index (χ2v) is 10.8. The summed E-state index contributed by atoms with van der Waals surface area (Å²) >= 11 is 5.23. The fourth-order valence-electron chi connectivity index (χ4n) is 2.73. The Kier molecular flexibility index (Phi) is 9.04. The number of carbonyl (C=O) groups is 1. The Labute approximate surface area is 186 Å². The minimum Gasteiger partial charge on any atom is -0.354 e. The van der Waals surface area contributed by atoms with Crippen LogP contribution in [0.1, 0.15) is 23.1 Å². The molecule has 0 radical (unpaired) electrons. The summed E-state index contributed by atoms with van der Waals surface area (Å²) in [6.45, 7) is 4.28. The lowest BCUT2D eigenvalue weighted by atomic mass is 10.1. The zero-order chi connectivity index (χ0) is 21.4. The quantitative estimate of drug-likeness (QED) is 0.496. The van der Waals surface area contributed by atoms with Gasteiger partial charge in [0.1, 0.15) is 6.54 Å². The van der Waals surface area contributed by atoms with Crippen molar-refractivity contribution in [3.8, 4) is 0 Å². The summed E-state index contributed by atoms with van der Waals surface area (Å²) in [7, 11) is -3.56. The van der Waals surface area contributed by atoms with Crippen LogP contribution in [-0.4, -0.2) is 39.4 Å². The van der Waals surface area contributed by atoms with Crippen molar-refractivity contribution in [2.45, 2.75) is 26.0 Å². The molecule has 0 aromatic heterocycles. The maximum absolute atomic E-state index is 12.3. The van der Waals surface area contributed by atoms with E-state index < -0.39 is 10.0 Å². The highest BCUT2D eigenvalue weighted by Gasteiger charge is 2.21. The van der Waals surface area contributed by atoms with Gasteiger partial charge in [0.25, 0.3) is 0 Å². The molecule has 0 aliphatic carbocycles. The van der Waals surface area contributed by atoms with Gasteiger partial charge in [-0.05, 0) is 60.9 Å². The molecular weight excluding hydrogens is 472 g/mol. The molecule has 2 rings (SSSR count). The van der Waals surface area contributed by atoms with E-state index in [9.17, 15) is 13.2 Å². The molecule has 1 N–H and O–H groups in total. The molecule has 1 amide bonds. The summed E-state index contributed by atoms with van der Waals surface area (Å²) in [5, 5.41) is 2.82. The second-order valence-electron chi connectivity index (χ2n) is 6.89. The van der Waals surface area contributed by atoms with Crippen LogP contribution in [0.3, 0.4) is 0 Å². The number of hydrogen-bond donors (Lipinski definition) is 1. The average Bonchev–Trinajstić information content (AvgIpc) is 2.65. The minimum atomic E-state index is -3.56. The highest BCUT2D eigenvalue weighted by molar-refractivity contribution is 9.10. The lowest BCUT2D eigenvalue weighted by molar-refractivity contribution is -0.119. The van der Waals surface area contributed by atoms with Crippen LogP contribution in [0.2, 0.25) is 0 Å². The van der Waals surface area contributed by atoms with Crippen molar-refractivity contribution in [1.29, 1.82) is 0 Å². The Hall–Kier alpha value is -1.51. The molecule has 0 spiro atoms. The molecule has 0 saturated carbocycles. The van der Waals surface area contributed by atoms with Gasteiger partial charge in [-0.25, -0.2) is 8.42 Å². The van der Waals surface area contributed by atoms with Crippen LogP contribution in [0.4, 0.5) is 5.69 Å².